The molecule has 0 fully saturated rings. The fourth-order valence-corrected chi connectivity index (χ4v) is 1.31. The summed E-state index contributed by atoms with van der Waals surface area (Å²) >= 11 is 0. The summed E-state index contributed by atoms with van der Waals surface area (Å²) in [6.07, 6.45) is 0.881. The minimum absolute atomic E-state index is 0.0980. The van der Waals surface area contributed by atoms with Crippen LogP contribution in [0.15, 0.2) is 40.6 Å². The van der Waals surface area contributed by atoms with Crippen LogP contribution in [-0.2, 0) is 21.3 Å². The zero-order chi connectivity index (χ0) is 12.7. The van der Waals surface area contributed by atoms with Gasteiger partial charge in [0.15, 0.2) is 9.84 Å². The molecule has 90 valence electrons. The van der Waals surface area contributed by atoms with Crippen molar-refractivity contribution in [3.8, 4) is 0 Å². The third-order valence-electron chi connectivity index (χ3n) is 1.68. The van der Waals surface area contributed by atoms with Gasteiger partial charge in [-0.2, -0.15) is 0 Å². The second-order valence-electron chi connectivity index (χ2n) is 3.09. The van der Waals surface area contributed by atoms with Gasteiger partial charge in [0.25, 0.3) is 5.17 Å². The molecule has 1 aromatic rings. The molecule has 0 saturated heterocycles. The number of amidine groups is 1. The first kappa shape index (κ1) is 13.0. The van der Waals surface area contributed by atoms with Crippen LogP contribution in [0, 0.1) is 0 Å². The summed E-state index contributed by atoms with van der Waals surface area (Å²) in [5.41, 5.74) is 9.00. The summed E-state index contributed by atoms with van der Waals surface area (Å²) in [6.45, 7) is 0.0980. The summed E-state index contributed by atoms with van der Waals surface area (Å²) in [5, 5.41) is 5.55. The molecule has 1 rings (SSSR count). The first-order valence-electron chi connectivity index (χ1n) is 4.53. The van der Waals surface area contributed by atoms with E-state index in [0.717, 1.165) is 11.8 Å². The molecule has 7 nitrogen and oxygen atoms in total. The zero-order valence-electron chi connectivity index (χ0n) is 9.02. The van der Waals surface area contributed by atoms with Crippen LogP contribution in [0.5, 0.6) is 0 Å². The lowest BCUT2D eigenvalue weighted by atomic mass is 10.2. The summed E-state index contributed by atoms with van der Waals surface area (Å²) in [4.78, 5) is 7.17. The molecule has 0 aliphatic heterocycles. The van der Waals surface area contributed by atoms with Crippen molar-refractivity contribution in [2.75, 3.05) is 6.26 Å². The van der Waals surface area contributed by atoms with Gasteiger partial charge in [-0.25, -0.2) is 8.42 Å². The molecular weight excluding hydrogens is 244 g/mol. The molecule has 0 N–H and O–H groups in total. The van der Waals surface area contributed by atoms with Gasteiger partial charge >= 0.3 is 0 Å². The molecule has 0 bridgehead atoms. The molecule has 0 atom stereocenters. The Kier molecular flexibility index (Phi) is 4.50. The molecule has 8 heteroatoms. The monoisotopic (exact) mass is 254 g/mol. The van der Waals surface area contributed by atoms with Crippen molar-refractivity contribution in [1.29, 1.82) is 0 Å². The van der Waals surface area contributed by atoms with Crippen LogP contribution < -0.4 is 0 Å². The molecular formula is C9H10N4O3S. The van der Waals surface area contributed by atoms with Gasteiger partial charge in [0.2, 0.25) is 0 Å². The lowest BCUT2D eigenvalue weighted by molar-refractivity contribution is 0.131. The second-order valence-corrected chi connectivity index (χ2v) is 5.00. The number of hydrogen-bond acceptors (Lipinski definition) is 4. The van der Waals surface area contributed by atoms with E-state index < -0.39 is 15.0 Å². The van der Waals surface area contributed by atoms with Crippen LogP contribution in [0.4, 0.5) is 0 Å². The quantitative estimate of drug-likeness (QED) is 0.205. The maximum Gasteiger partial charge on any atom is 0.257 e. The Morgan fingerprint density at radius 3 is 2.59 bits per heavy atom. The van der Waals surface area contributed by atoms with Gasteiger partial charge in [-0.3, -0.25) is 0 Å². The third-order valence-corrected chi connectivity index (χ3v) is 2.50. The summed E-state index contributed by atoms with van der Waals surface area (Å²) in [6, 6.07) is 9.06. The van der Waals surface area contributed by atoms with Crippen LogP contribution >= 0.6 is 0 Å². The summed E-state index contributed by atoms with van der Waals surface area (Å²) in [7, 11) is -3.68. The fraction of sp³-hybridized carbons (Fsp3) is 0.222. The fourth-order valence-electron chi connectivity index (χ4n) is 0.935. The van der Waals surface area contributed by atoms with Crippen LogP contribution in [0.2, 0.25) is 0 Å². The molecule has 0 heterocycles. The Balaban J connectivity index is 2.72. The molecule has 0 aliphatic carbocycles. The number of oxime groups is 1. The minimum Gasteiger partial charge on any atom is -0.390 e. The smallest absolute Gasteiger partial charge is 0.257 e. The molecule has 0 radical (unpaired) electrons. The predicted octanol–water partition coefficient (Wildman–Crippen LogP) is 1.83. The Morgan fingerprint density at radius 1 is 1.41 bits per heavy atom. The molecule has 0 saturated carbocycles. The molecule has 17 heavy (non-hydrogen) atoms. The Hall–Kier alpha value is -2.05. The maximum absolute atomic E-state index is 11.1. The van der Waals surface area contributed by atoms with Crippen LogP contribution in [0.25, 0.3) is 10.4 Å². The lowest BCUT2D eigenvalue weighted by Gasteiger charge is -2.00. The van der Waals surface area contributed by atoms with Crippen LogP contribution in [-0.4, -0.2) is 19.8 Å². The van der Waals surface area contributed by atoms with E-state index in [4.69, 9.17) is 10.4 Å². The molecule has 0 aromatic heterocycles. The lowest BCUT2D eigenvalue weighted by Crippen LogP contribution is -2.10. The highest BCUT2D eigenvalue weighted by atomic mass is 32.2. The van der Waals surface area contributed by atoms with Crippen molar-refractivity contribution in [3.05, 3.63) is 46.3 Å². The average molecular weight is 254 g/mol. The maximum atomic E-state index is 11.1. The van der Waals surface area contributed by atoms with Crippen LogP contribution in [0.3, 0.4) is 0 Å². The highest BCUT2D eigenvalue weighted by Gasteiger charge is 2.12. The SMILES string of the molecule is CS(=O)(=O)/C(N=[N+]=[N-])=N\OCc1ccccc1. The van der Waals surface area contributed by atoms with Crippen molar-refractivity contribution in [3.63, 3.8) is 0 Å². The van der Waals surface area contributed by atoms with Gasteiger partial charge in [-0.15, -0.1) is 0 Å². The standard InChI is InChI=1S/C9H10N4O3S/c1-17(14,15)9(11-13-10)12-16-7-8-5-3-2-4-6-8/h2-6H,7H2,1H3/b12-9-. The van der Waals surface area contributed by atoms with E-state index in [1.807, 2.05) is 18.2 Å². The van der Waals surface area contributed by atoms with Gasteiger partial charge < -0.3 is 4.84 Å². The number of nitrogens with zero attached hydrogens (tertiary/aromatic N) is 4. The van der Waals surface area contributed by atoms with Gasteiger partial charge in [0.05, 0.1) is 0 Å². The number of sulfone groups is 1. The summed E-state index contributed by atoms with van der Waals surface area (Å²) in [5.74, 6) is 0. The summed E-state index contributed by atoms with van der Waals surface area (Å²) < 4.78 is 22.2. The molecule has 1 aromatic carbocycles. The first-order valence-corrected chi connectivity index (χ1v) is 6.42. The number of benzene rings is 1. The normalized spacial score (nSPS) is 11.7. The van der Waals surface area contributed by atoms with E-state index in [0.29, 0.717) is 0 Å². The van der Waals surface area contributed by atoms with E-state index in [-0.39, 0.29) is 6.61 Å². The Morgan fingerprint density at radius 2 is 2.06 bits per heavy atom. The topological polar surface area (TPSA) is 104 Å². The van der Waals surface area contributed by atoms with E-state index >= 15 is 0 Å². The van der Waals surface area contributed by atoms with Gasteiger partial charge in [-0.1, -0.05) is 35.5 Å². The van der Waals surface area contributed by atoms with Crippen LogP contribution in [0.1, 0.15) is 5.56 Å². The van der Waals surface area contributed by atoms with Crippen molar-refractivity contribution in [2.45, 2.75) is 6.61 Å². The highest BCUT2D eigenvalue weighted by molar-refractivity contribution is 8.05. The average Bonchev–Trinajstić information content (AvgIpc) is 2.28. The molecule has 0 aliphatic rings. The zero-order valence-corrected chi connectivity index (χ0v) is 9.83. The first-order chi connectivity index (χ1) is 8.04. The Bertz CT molecular complexity index is 547. The largest absolute Gasteiger partial charge is 0.390 e. The van der Waals surface area contributed by atoms with Gasteiger partial charge in [0.1, 0.15) is 6.61 Å². The minimum atomic E-state index is -3.68. The van der Waals surface area contributed by atoms with E-state index in [2.05, 4.69) is 15.2 Å². The van der Waals surface area contributed by atoms with Gasteiger partial charge in [-0.05, 0) is 16.2 Å². The molecule has 0 spiro atoms. The highest BCUT2D eigenvalue weighted by Crippen LogP contribution is 2.02. The molecule has 0 amide bonds. The second kappa shape index (κ2) is 5.88. The van der Waals surface area contributed by atoms with Crippen molar-refractivity contribution < 1.29 is 13.3 Å². The van der Waals surface area contributed by atoms with E-state index in [1.165, 1.54) is 0 Å². The third kappa shape index (κ3) is 4.54. The van der Waals surface area contributed by atoms with Crippen molar-refractivity contribution >= 4 is 15.0 Å². The Labute approximate surface area is 98.2 Å². The van der Waals surface area contributed by atoms with Crippen molar-refractivity contribution in [1.82, 2.24) is 0 Å². The number of rotatable bonds is 3. The number of azide groups is 1. The van der Waals surface area contributed by atoms with Crippen molar-refractivity contribution in [2.24, 2.45) is 10.3 Å². The molecule has 0 unspecified atom stereocenters. The predicted molar refractivity (Wildman–Crippen MR) is 62.7 cm³/mol. The van der Waals surface area contributed by atoms with E-state index in [1.54, 1.807) is 12.1 Å². The number of hydrogen-bond donors (Lipinski definition) is 0. The van der Waals surface area contributed by atoms with E-state index in [9.17, 15) is 8.42 Å². The van der Waals surface area contributed by atoms with Gasteiger partial charge in [0, 0.05) is 11.2 Å².